The first-order chi connectivity index (χ1) is 18.2. The molecule has 0 unspecified atom stereocenters. The number of benzene rings is 2. The zero-order valence-corrected chi connectivity index (χ0v) is 22.2. The molecular weight excluding hydrogens is 559 g/mol. The molecule has 0 radical (unpaired) electrons. The lowest BCUT2D eigenvalue weighted by atomic mass is 10.3. The van der Waals surface area contributed by atoms with E-state index < -0.39 is 15.9 Å². The number of hydrogen-bond donors (Lipinski definition) is 2. The van der Waals surface area contributed by atoms with Gasteiger partial charge in [0.15, 0.2) is 18.2 Å². The van der Waals surface area contributed by atoms with Crippen LogP contribution in [0.15, 0.2) is 65.7 Å². The maximum Gasteiger partial charge on any atom is 0.321 e. The van der Waals surface area contributed by atoms with Gasteiger partial charge < -0.3 is 19.5 Å². The van der Waals surface area contributed by atoms with Gasteiger partial charge in [0.1, 0.15) is 5.75 Å². The molecule has 0 bridgehead atoms. The summed E-state index contributed by atoms with van der Waals surface area (Å²) >= 11 is 12.0. The molecule has 198 valence electrons. The normalized spacial score (nSPS) is 11.1. The number of anilines is 2. The number of ether oxygens (including phenoxy) is 3. The summed E-state index contributed by atoms with van der Waals surface area (Å²) in [5.41, 5.74) is 0.485. The maximum absolute atomic E-state index is 12.8. The highest BCUT2D eigenvalue weighted by atomic mass is 35.5. The molecule has 2 aromatic carbocycles. The molecule has 0 aliphatic rings. The Balaban J connectivity index is 1.38. The third kappa shape index (κ3) is 6.62. The number of hydrogen-bond acceptors (Lipinski definition) is 9. The number of nitrogens with one attached hydrogen (secondary N) is 2. The van der Waals surface area contributed by atoms with Crippen LogP contribution in [-0.4, -0.2) is 48.3 Å². The smallest absolute Gasteiger partial charge is 0.321 e. The SMILES string of the molecule is COc1cc(NS(=O)(=O)c2ccc(NC(=O)c3ccn(COc4ccc(Cl)cc4Cl)n3)cc2)nc(OC)n1. The maximum atomic E-state index is 12.8. The number of amides is 1. The van der Waals surface area contributed by atoms with Crippen molar-refractivity contribution in [2.45, 2.75) is 11.6 Å². The molecular formula is C23H20Cl2N6O6S. The Hall–Kier alpha value is -4.07. The van der Waals surface area contributed by atoms with Crippen LogP contribution in [-0.2, 0) is 16.8 Å². The molecule has 2 aromatic heterocycles. The summed E-state index contributed by atoms with van der Waals surface area (Å²) in [6.45, 7) is 0.0122. The molecule has 0 spiro atoms. The van der Waals surface area contributed by atoms with E-state index >= 15 is 0 Å². The Kier molecular flexibility index (Phi) is 8.20. The zero-order chi connectivity index (χ0) is 27.3. The van der Waals surface area contributed by atoms with E-state index in [0.29, 0.717) is 21.5 Å². The number of carbonyl (C=O) groups is 1. The van der Waals surface area contributed by atoms with Crippen molar-refractivity contribution in [3.63, 3.8) is 0 Å². The van der Waals surface area contributed by atoms with Crippen LogP contribution in [0.2, 0.25) is 10.0 Å². The Bertz CT molecular complexity index is 1540. The second-order valence-corrected chi connectivity index (χ2v) is 9.98. The van der Waals surface area contributed by atoms with Crippen LogP contribution in [0.25, 0.3) is 0 Å². The van der Waals surface area contributed by atoms with Gasteiger partial charge in [0.05, 0.1) is 24.1 Å². The number of rotatable bonds is 10. The number of methoxy groups -OCH3 is 2. The van der Waals surface area contributed by atoms with Gasteiger partial charge in [-0.05, 0) is 48.5 Å². The zero-order valence-electron chi connectivity index (χ0n) is 19.9. The predicted octanol–water partition coefficient (Wildman–Crippen LogP) is 4.09. The van der Waals surface area contributed by atoms with Gasteiger partial charge in [-0.1, -0.05) is 23.2 Å². The third-order valence-corrected chi connectivity index (χ3v) is 6.76. The van der Waals surface area contributed by atoms with Crippen molar-refractivity contribution in [2.75, 3.05) is 24.3 Å². The summed E-state index contributed by atoms with van der Waals surface area (Å²) in [5.74, 6) is 0.00152. The minimum absolute atomic E-state index is 0.0122. The minimum atomic E-state index is -4.00. The average molecular weight is 579 g/mol. The number of carbonyl (C=O) groups excluding carboxylic acids is 1. The minimum Gasteiger partial charge on any atom is -0.481 e. The van der Waals surface area contributed by atoms with Gasteiger partial charge in [0, 0.05) is 23.0 Å². The second-order valence-electron chi connectivity index (χ2n) is 7.45. The van der Waals surface area contributed by atoms with Gasteiger partial charge in [-0.25, -0.2) is 13.1 Å². The van der Waals surface area contributed by atoms with E-state index in [1.807, 2.05) is 0 Å². The fraction of sp³-hybridized carbons (Fsp3) is 0.130. The first-order valence-electron chi connectivity index (χ1n) is 10.7. The van der Waals surface area contributed by atoms with E-state index in [0.717, 1.165) is 0 Å². The Labute approximate surface area is 227 Å². The summed E-state index contributed by atoms with van der Waals surface area (Å²) in [6.07, 6.45) is 1.57. The molecule has 0 aliphatic heterocycles. The molecule has 12 nitrogen and oxygen atoms in total. The van der Waals surface area contributed by atoms with E-state index in [2.05, 4.69) is 25.1 Å². The van der Waals surface area contributed by atoms with Crippen molar-refractivity contribution in [2.24, 2.45) is 0 Å². The van der Waals surface area contributed by atoms with Crippen LogP contribution in [0.3, 0.4) is 0 Å². The highest BCUT2D eigenvalue weighted by Crippen LogP contribution is 2.27. The molecule has 0 saturated heterocycles. The van der Waals surface area contributed by atoms with E-state index in [9.17, 15) is 13.2 Å². The largest absolute Gasteiger partial charge is 0.481 e. The predicted molar refractivity (Wildman–Crippen MR) is 140 cm³/mol. The molecule has 2 heterocycles. The van der Waals surface area contributed by atoms with Gasteiger partial charge in [-0.15, -0.1) is 0 Å². The van der Waals surface area contributed by atoms with Crippen molar-refractivity contribution >= 4 is 50.6 Å². The van der Waals surface area contributed by atoms with E-state index in [1.54, 1.807) is 24.4 Å². The molecule has 4 aromatic rings. The summed E-state index contributed by atoms with van der Waals surface area (Å²) < 4.78 is 44.9. The molecule has 2 N–H and O–H groups in total. The van der Waals surface area contributed by atoms with E-state index in [4.69, 9.17) is 37.4 Å². The standard InChI is InChI=1S/C23H20Cl2N6O6S/c1-35-21-12-20(27-23(28-21)36-2)30-38(33,34)16-6-4-15(5-7-16)26-22(32)18-9-10-31(29-18)13-37-19-8-3-14(24)11-17(19)25/h3-12H,13H2,1-2H3,(H,26,32)(H,27,28,30). The topological polar surface area (TPSA) is 147 Å². The molecule has 0 fully saturated rings. The highest BCUT2D eigenvalue weighted by molar-refractivity contribution is 7.92. The van der Waals surface area contributed by atoms with Gasteiger partial charge >= 0.3 is 6.01 Å². The summed E-state index contributed by atoms with van der Waals surface area (Å²) in [6, 6.07) is 13.1. The number of nitrogens with zero attached hydrogens (tertiary/aromatic N) is 4. The molecule has 15 heteroatoms. The lowest BCUT2D eigenvalue weighted by Crippen LogP contribution is -2.16. The van der Waals surface area contributed by atoms with Crippen molar-refractivity contribution in [1.29, 1.82) is 0 Å². The van der Waals surface area contributed by atoms with Crippen LogP contribution in [0, 0.1) is 0 Å². The number of halogens is 2. The number of sulfonamides is 1. The van der Waals surface area contributed by atoms with E-state index in [1.165, 1.54) is 55.3 Å². The van der Waals surface area contributed by atoms with Crippen molar-refractivity contribution < 1.29 is 27.4 Å². The quantitative estimate of drug-likeness (QED) is 0.284. The van der Waals surface area contributed by atoms with Crippen molar-refractivity contribution in [3.05, 3.63) is 76.5 Å². The van der Waals surface area contributed by atoms with Crippen LogP contribution >= 0.6 is 23.2 Å². The fourth-order valence-corrected chi connectivity index (χ4v) is 4.50. The Morgan fingerprint density at radius 3 is 2.45 bits per heavy atom. The molecule has 4 rings (SSSR count). The average Bonchev–Trinajstić information content (AvgIpc) is 3.37. The summed E-state index contributed by atoms with van der Waals surface area (Å²) in [7, 11) is -1.28. The lowest BCUT2D eigenvalue weighted by Gasteiger charge is -2.10. The molecule has 0 aliphatic carbocycles. The first-order valence-corrected chi connectivity index (χ1v) is 12.9. The van der Waals surface area contributed by atoms with Gasteiger partial charge in [-0.2, -0.15) is 15.1 Å². The first kappa shape index (κ1) is 27.0. The van der Waals surface area contributed by atoms with Crippen molar-refractivity contribution in [3.8, 4) is 17.6 Å². The van der Waals surface area contributed by atoms with Crippen molar-refractivity contribution in [1.82, 2.24) is 19.7 Å². The summed E-state index contributed by atoms with van der Waals surface area (Å²) in [4.78, 5) is 20.4. The van der Waals surface area contributed by atoms with Crippen LogP contribution in [0.5, 0.6) is 17.6 Å². The third-order valence-electron chi connectivity index (χ3n) is 4.85. The summed E-state index contributed by atoms with van der Waals surface area (Å²) in [5, 5.41) is 7.66. The highest BCUT2D eigenvalue weighted by Gasteiger charge is 2.18. The van der Waals surface area contributed by atoms with E-state index in [-0.39, 0.29) is 35.0 Å². The number of aromatic nitrogens is 4. The van der Waals surface area contributed by atoms with Gasteiger partial charge in [0.2, 0.25) is 5.88 Å². The van der Waals surface area contributed by atoms with Crippen LogP contribution in [0.4, 0.5) is 11.5 Å². The Morgan fingerprint density at radius 2 is 1.76 bits per heavy atom. The monoisotopic (exact) mass is 578 g/mol. The fourth-order valence-electron chi connectivity index (χ4n) is 3.04. The molecule has 1 amide bonds. The Morgan fingerprint density at radius 1 is 1.00 bits per heavy atom. The van der Waals surface area contributed by atoms with Gasteiger partial charge in [0.25, 0.3) is 15.9 Å². The molecule has 0 saturated carbocycles. The molecule has 38 heavy (non-hydrogen) atoms. The van der Waals surface area contributed by atoms with Crippen LogP contribution in [0.1, 0.15) is 10.5 Å². The van der Waals surface area contributed by atoms with Crippen LogP contribution < -0.4 is 24.2 Å². The lowest BCUT2D eigenvalue weighted by molar-refractivity contribution is 0.102. The van der Waals surface area contributed by atoms with Gasteiger partial charge in [-0.3, -0.25) is 9.52 Å². The molecule has 0 atom stereocenters. The second kappa shape index (κ2) is 11.5.